The fraction of sp³-hybridized carbons (Fsp3) is 0.312. The third kappa shape index (κ3) is 4.41. The van der Waals surface area contributed by atoms with Gasteiger partial charge in [0.1, 0.15) is 0 Å². The Morgan fingerprint density at radius 3 is 2.61 bits per heavy atom. The molecule has 2 N–H and O–H groups in total. The van der Waals surface area contributed by atoms with Crippen LogP contribution in [-0.2, 0) is 4.79 Å². The van der Waals surface area contributed by atoms with Crippen LogP contribution in [0.25, 0.3) is 5.69 Å². The number of hydrogen-bond donors (Lipinski definition) is 2. The lowest BCUT2D eigenvalue weighted by molar-refractivity contribution is -0.137. The molecule has 2 rings (SSSR count). The highest BCUT2D eigenvalue weighted by Crippen LogP contribution is 2.17. The minimum Gasteiger partial charge on any atom is -0.481 e. The molecule has 0 radical (unpaired) electrons. The van der Waals surface area contributed by atoms with Gasteiger partial charge in [0.15, 0.2) is 0 Å². The average Bonchev–Trinajstić information content (AvgIpc) is 2.87. The van der Waals surface area contributed by atoms with Gasteiger partial charge in [0, 0.05) is 17.4 Å². The summed E-state index contributed by atoms with van der Waals surface area (Å²) >= 11 is 3.38. The number of carbonyl (C=O) groups is 2. The number of carboxylic acids is 1. The predicted octanol–water partition coefficient (Wildman–Crippen LogP) is 2.78. The van der Waals surface area contributed by atoms with Gasteiger partial charge in [-0.05, 0) is 37.1 Å². The molecule has 6 nitrogen and oxygen atoms in total. The second-order valence-corrected chi connectivity index (χ2v) is 6.36. The van der Waals surface area contributed by atoms with Gasteiger partial charge in [-0.3, -0.25) is 9.59 Å². The molecule has 2 aromatic rings. The Bertz CT molecular complexity index is 710. The van der Waals surface area contributed by atoms with Crippen molar-refractivity contribution in [3.05, 3.63) is 46.2 Å². The van der Waals surface area contributed by atoms with Crippen LogP contribution in [0.1, 0.15) is 29.4 Å². The molecule has 1 atom stereocenters. The number of carbonyl (C=O) groups excluding carboxylic acids is 1. The summed E-state index contributed by atoms with van der Waals surface area (Å²) in [6.45, 7) is 3.92. The Kier molecular flexibility index (Phi) is 5.54. The van der Waals surface area contributed by atoms with Crippen LogP contribution in [-0.4, -0.2) is 33.3 Å². The number of nitrogens with one attached hydrogen (secondary N) is 1. The minimum absolute atomic E-state index is 0.0252. The molecule has 0 fully saturated rings. The normalized spacial score (nSPS) is 12.0. The van der Waals surface area contributed by atoms with Crippen molar-refractivity contribution >= 4 is 27.8 Å². The van der Waals surface area contributed by atoms with E-state index in [1.54, 1.807) is 11.6 Å². The Labute approximate surface area is 142 Å². The van der Waals surface area contributed by atoms with E-state index in [-0.39, 0.29) is 18.2 Å². The topological polar surface area (TPSA) is 84.2 Å². The van der Waals surface area contributed by atoms with Crippen LogP contribution in [0.3, 0.4) is 0 Å². The highest BCUT2D eigenvalue weighted by Gasteiger charge is 2.16. The molecule has 122 valence electrons. The van der Waals surface area contributed by atoms with E-state index in [9.17, 15) is 9.59 Å². The van der Waals surface area contributed by atoms with Gasteiger partial charge in [-0.2, -0.15) is 5.10 Å². The Balaban J connectivity index is 2.08. The maximum Gasteiger partial charge on any atom is 0.303 e. The summed E-state index contributed by atoms with van der Waals surface area (Å²) in [6.07, 6.45) is 1.55. The van der Waals surface area contributed by atoms with Crippen LogP contribution < -0.4 is 5.32 Å². The lowest BCUT2D eigenvalue weighted by Gasteiger charge is -2.10. The van der Waals surface area contributed by atoms with Crippen LogP contribution >= 0.6 is 15.9 Å². The molecular weight excluding hydrogens is 362 g/mol. The number of rotatable bonds is 6. The monoisotopic (exact) mass is 379 g/mol. The minimum atomic E-state index is -0.869. The molecule has 0 bridgehead atoms. The first-order valence-corrected chi connectivity index (χ1v) is 7.98. The number of aromatic nitrogens is 2. The van der Waals surface area contributed by atoms with Crippen molar-refractivity contribution in [1.82, 2.24) is 15.1 Å². The Hall–Kier alpha value is -2.15. The number of nitrogens with zero attached hydrogens (tertiary/aromatic N) is 2. The molecule has 1 aromatic carbocycles. The first-order chi connectivity index (χ1) is 10.9. The van der Waals surface area contributed by atoms with E-state index in [0.717, 1.165) is 15.9 Å². The summed E-state index contributed by atoms with van der Waals surface area (Å²) in [5, 5.41) is 15.7. The van der Waals surface area contributed by atoms with Crippen molar-refractivity contribution in [2.45, 2.75) is 20.3 Å². The molecule has 0 aliphatic heterocycles. The number of halogens is 1. The standard InChI is InChI=1S/C16H18BrN3O3/c1-10(7-15(21)22)8-18-16(23)14-9-19-20(11(14)2)13-5-3-12(17)4-6-13/h3-6,9-10H,7-8H2,1-2H3,(H,18,23)(H,21,22). The largest absolute Gasteiger partial charge is 0.481 e. The highest BCUT2D eigenvalue weighted by molar-refractivity contribution is 9.10. The molecule has 1 heterocycles. The smallest absolute Gasteiger partial charge is 0.303 e. The molecule has 0 saturated heterocycles. The zero-order valence-electron chi connectivity index (χ0n) is 12.9. The quantitative estimate of drug-likeness (QED) is 0.807. The van der Waals surface area contributed by atoms with Gasteiger partial charge in [-0.15, -0.1) is 0 Å². The van der Waals surface area contributed by atoms with E-state index < -0.39 is 5.97 Å². The van der Waals surface area contributed by atoms with Crippen molar-refractivity contribution in [1.29, 1.82) is 0 Å². The van der Waals surface area contributed by atoms with Crippen molar-refractivity contribution in [3.63, 3.8) is 0 Å². The van der Waals surface area contributed by atoms with Crippen LogP contribution in [0.5, 0.6) is 0 Å². The maximum absolute atomic E-state index is 12.2. The van der Waals surface area contributed by atoms with Gasteiger partial charge in [0.25, 0.3) is 5.91 Å². The molecular formula is C16H18BrN3O3. The molecule has 0 saturated carbocycles. The van der Waals surface area contributed by atoms with Gasteiger partial charge >= 0.3 is 5.97 Å². The van der Waals surface area contributed by atoms with Crippen molar-refractivity contribution in [2.24, 2.45) is 5.92 Å². The van der Waals surface area contributed by atoms with Gasteiger partial charge in [-0.1, -0.05) is 22.9 Å². The molecule has 0 spiro atoms. The van der Waals surface area contributed by atoms with Crippen molar-refractivity contribution < 1.29 is 14.7 Å². The number of carboxylic acid groups (broad SMARTS) is 1. The SMILES string of the molecule is Cc1c(C(=O)NCC(C)CC(=O)O)cnn1-c1ccc(Br)cc1. The summed E-state index contributed by atoms with van der Waals surface area (Å²) in [5.41, 5.74) is 2.08. The van der Waals surface area contributed by atoms with Crippen LogP contribution in [0, 0.1) is 12.8 Å². The summed E-state index contributed by atoms with van der Waals surface area (Å²) in [6, 6.07) is 7.62. The zero-order valence-corrected chi connectivity index (χ0v) is 14.5. The molecule has 0 aliphatic rings. The van der Waals surface area contributed by atoms with Gasteiger partial charge in [0.05, 0.1) is 23.1 Å². The van der Waals surface area contributed by atoms with Crippen LogP contribution in [0.15, 0.2) is 34.9 Å². The zero-order chi connectivity index (χ0) is 17.0. The molecule has 1 aromatic heterocycles. The van der Waals surface area contributed by atoms with E-state index in [1.807, 2.05) is 31.2 Å². The first kappa shape index (κ1) is 17.2. The predicted molar refractivity (Wildman–Crippen MR) is 89.8 cm³/mol. The Morgan fingerprint density at radius 2 is 2.00 bits per heavy atom. The summed E-state index contributed by atoms with van der Waals surface area (Å²) in [4.78, 5) is 22.9. The van der Waals surface area contributed by atoms with E-state index in [1.165, 1.54) is 6.20 Å². The lowest BCUT2D eigenvalue weighted by atomic mass is 10.1. The summed E-state index contributed by atoms with van der Waals surface area (Å²) in [5.74, 6) is -1.24. The first-order valence-electron chi connectivity index (χ1n) is 7.19. The second-order valence-electron chi connectivity index (χ2n) is 5.44. The fourth-order valence-electron chi connectivity index (χ4n) is 2.21. The summed E-state index contributed by atoms with van der Waals surface area (Å²) < 4.78 is 2.67. The Morgan fingerprint density at radius 1 is 1.35 bits per heavy atom. The third-order valence-electron chi connectivity index (χ3n) is 3.46. The molecule has 1 amide bonds. The van der Waals surface area contributed by atoms with Crippen LogP contribution in [0.4, 0.5) is 0 Å². The average molecular weight is 380 g/mol. The number of amides is 1. The van der Waals surface area contributed by atoms with E-state index >= 15 is 0 Å². The maximum atomic E-state index is 12.2. The van der Waals surface area contributed by atoms with Crippen LogP contribution in [0.2, 0.25) is 0 Å². The number of aliphatic carboxylic acids is 1. The molecule has 1 unspecified atom stereocenters. The second kappa shape index (κ2) is 7.41. The van der Waals surface area contributed by atoms with Gasteiger partial charge in [0.2, 0.25) is 0 Å². The van der Waals surface area contributed by atoms with E-state index in [0.29, 0.717) is 12.1 Å². The van der Waals surface area contributed by atoms with Gasteiger partial charge in [-0.25, -0.2) is 4.68 Å². The van der Waals surface area contributed by atoms with Gasteiger partial charge < -0.3 is 10.4 Å². The fourth-order valence-corrected chi connectivity index (χ4v) is 2.47. The number of hydrogen-bond acceptors (Lipinski definition) is 3. The molecule has 23 heavy (non-hydrogen) atoms. The van der Waals surface area contributed by atoms with Crippen molar-refractivity contribution in [2.75, 3.05) is 6.54 Å². The third-order valence-corrected chi connectivity index (χ3v) is 3.99. The molecule has 0 aliphatic carbocycles. The van der Waals surface area contributed by atoms with Crippen molar-refractivity contribution in [3.8, 4) is 5.69 Å². The van der Waals surface area contributed by atoms with E-state index in [4.69, 9.17) is 5.11 Å². The lowest BCUT2D eigenvalue weighted by Crippen LogP contribution is -2.29. The van der Waals surface area contributed by atoms with E-state index in [2.05, 4.69) is 26.3 Å². The number of benzene rings is 1. The summed E-state index contributed by atoms with van der Waals surface area (Å²) in [7, 11) is 0. The highest BCUT2D eigenvalue weighted by atomic mass is 79.9. The molecule has 7 heteroatoms.